The Hall–Kier alpha value is -1.02. The molecule has 16 heavy (non-hydrogen) atoms. The summed E-state index contributed by atoms with van der Waals surface area (Å²) in [6, 6.07) is 4.10. The third-order valence-corrected chi connectivity index (χ3v) is 3.06. The van der Waals surface area contributed by atoms with Crippen LogP contribution >= 0.6 is 0 Å². The number of aryl methyl sites for hydroxylation is 2. The van der Waals surface area contributed by atoms with Crippen LogP contribution in [0.3, 0.4) is 0 Å². The van der Waals surface area contributed by atoms with Gasteiger partial charge in [-0.05, 0) is 37.0 Å². The van der Waals surface area contributed by atoms with E-state index in [2.05, 4.69) is 6.92 Å². The van der Waals surface area contributed by atoms with E-state index in [1.165, 1.54) is 19.3 Å². The van der Waals surface area contributed by atoms with E-state index in [-0.39, 0.29) is 6.04 Å². The summed E-state index contributed by atoms with van der Waals surface area (Å²) in [6.45, 7) is 6.04. The van der Waals surface area contributed by atoms with Crippen molar-refractivity contribution in [2.75, 3.05) is 0 Å². The van der Waals surface area contributed by atoms with Gasteiger partial charge in [-0.2, -0.15) is 0 Å². The molecule has 3 N–H and O–H groups in total. The minimum absolute atomic E-state index is 0.101. The van der Waals surface area contributed by atoms with E-state index in [4.69, 9.17) is 5.73 Å². The number of aromatic hydroxyl groups is 1. The second kappa shape index (κ2) is 5.90. The molecular formula is C14H23NO. The number of phenols is 1. The van der Waals surface area contributed by atoms with Gasteiger partial charge >= 0.3 is 0 Å². The zero-order chi connectivity index (χ0) is 12.1. The number of hydrogen-bond acceptors (Lipinski definition) is 2. The van der Waals surface area contributed by atoms with Crippen molar-refractivity contribution in [2.24, 2.45) is 5.73 Å². The second-order valence-corrected chi connectivity index (χ2v) is 4.61. The summed E-state index contributed by atoms with van der Waals surface area (Å²) in [5.74, 6) is 0.393. The molecule has 0 amide bonds. The van der Waals surface area contributed by atoms with E-state index < -0.39 is 0 Å². The first-order valence-corrected chi connectivity index (χ1v) is 6.12. The van der Waals surface area contributed by atoms with Gasteiger partial charge < -0.3 is 10.8 Å². The first-order chi connectivity index (χ1) is 7.56. The van der Waals surface area contributed by atoms with E-state index in [1.807, 2.05) is 26.0 Å². The van der Waals surface area contributed by atoms with Gasteiger partial charge in [-0.1, -0.05) is 38.3 Å². The van der Waals surface area contributed by atoms with E-state index in [9.17, 15) is 5.11 Å². The SMILES string of the molecule is CCCCC[C@@H](N)c1cc(C)c(O)c(C)c1. The fourth-order valence-corrected chi connectivity index (χ4v) is 1.98. The molecule has 0 aliphatic heterocycles. The van der Waals surface area contributed by atoms with Crippen LogP contribution in [0.1, 0.15) is 55.3 Å². The Bertz CT molecular complexity index is 324. The van der Waals surface area contributed by atoms with Crippen molar-refractivity contribution in [3.63, 3.8) is 0 Å². The maximum atomic E-state index is 9.69. The first kappa shape index (κ1) is 13.0. The molecule has 0 heterocycles. The minimum Gasteiger partial charge on any atom is -0.507 e. The quantitative estimate of drug-likeness (QED) is 0.746. The lowest BCUT2D eigenvalue weighted by Crippen LogP contribution is -2.10. The molecule has 0 aliphatic carbocycles. The van der Waals surface area contributed by atoms with Gasteiger partial charge in [-0.25, -0.2) is 0 Å². The van der Waals surface area contributed by atoms with Crippen LogP contribution in [0.4, 0.5) is 0 Å². The smallest absolute Gasteiger partial charge is 0.121 e. The predicted molar refractivity (Wildman–Crippen MR) is 68.7 cm³/mol. The molecule has 0 saturated carbocycles. The lowest BCUT2D eigenvalue weighted by atomic mass is 9.97. The standard InChI is InChI=1S/C14H23NO/c1-4-5-6-7-13(15)12-8-10(2)14(16)11(3)9-12/h8-9,13,16H,4-7,15H2,1-3H3/t13-/m1/s1. The molecule has 0 radical (unpaired) electrons. The highest BCUT2D eigenvalue weighted by Gasteiger charge is 2.09. The summed E-state index contributed by atoms with van der Waals surface area (Å²) in [7, 11) is 0. The van der Waals surface area contributed by atoms with Crippen molar-refractivity contribution in [3.8, 4) is 5.75 Å². The lowest BCUT2D eigenvalue weighted by molar-refractivity contribution is 0.466. The van der Waals surface area contributed by atoms with Crippen LogP contribution in [-0.4, -0.2) is 5.11 Å². The third kappa shape index (κ3) is 3.24. The fraction of sp³-hybridized carbons (Fsp3) is 0.571. The molecule has 2 nitrogen and oxygen atoms in total. The Morgan fingerprint density at radius 1 is 1.19 bits per heavy atom. The molecule has 2 heteroatoms. The Balaban J connectivity index is 2.72. The summed E-state index contributed by atoms with van der Waals surface area (Å²) in [5, 5.41) is 9.69. The normalized spacial score (nSPS) is 12.8. The zero-order valence-electron chi connectivity index (χ0n) is 10.6. The summed E-state index contributed by atoms with van der Waals surface area (Å²) in [4.78, 5) is 0. The van der Waals surface area contributed by atoms with Crippen molar-refractivity contribution in [1.29, 1.82) is 0 Å². The number of benzene rings is 1. The Labute approximate surface area is 98.5 Å². The topological polar surface area (TPSA) is 46.2 Å². The average Bonchev–Trinajstić information content (AvgIpc) is 2.25. The molecule has 0 aromatic heterocycles. The third-order valence-electron chi connectivity index (χ3n) is 3.06. The molecule has 1 rings (SSSR count). The molecule has 0 spiro atoms. The molecule has 0 saturated heterocycles. The fourth-order valence-electron chi connectivity index (χ4n) is 1.98. The van der Waals surface area contributed by atoms with Crippen LogP contribution in [0.2, 0.25) is 0 Å². The van der Waals surface area contributed by atoms with Gasteiger partial charge in [-0.3, -0.25) is 0 Å². The van der Waals surface area contributed by atoms with E-state index in [0.29, 0.717) is 5.75 Å². The number of phenolic OH excluding ortho intramolecular Hbond substituents is 1. The van der Waals surface area contributed by atoms with Crippen LogP contribution in [0.5, 0.6) is 5.75 Å². The van der Waals surface area contributed by atoms with E-state index in [1.54, 1.807) is 0 Å². The second-order valence-electron chi connectivity index (χ2n) is 4.61. The molecule has 0 fully saturated rings. The molecule has 1 aromatic carbocycles. The van der Waals surface area contributed by atoms with Gasteiger partial charge in [0, 0.05) is 6.04 Å². The molecule has 0 unspecified atom stereocenters. The largest absolute Gasteiger partial charge is 0.507 e. The minimum atomic E-state index is 0.101. The van der Waals surface area contributed by atoms with Crippen LogP contribution in [-0.2, 0) is 0 Å². The molecule has 90 valence electrons. The first-order valence-electron chi connectivity index (χ1n) is 6.12. The maximum Gasteiger partial charge on any atom is 0.121 e. The number of unbranched alkanes of at least 4 members (excludes halogenated alkanes) is 2. The summed E-state index contributed by atoms with van der Waals surface area (Å²) < 4.78 is 0. The van der Waals surface area contributed by atoms with Gasteiger partial charge in [0.25, 0.3) is 0 Å². The number of hydrogen-bond donors (Lipinski definition) is 2. The van der Waals surface area contributed by atoms with Gasteiger partial charge in [-0.15, -0.1) is 0 Å². The summed E-state index contributed by atoms with van der Waals surface area (Å²) >= 11 is 0. The summed E-state index contributed by atoms with van der Waals surface area (Å²) in [6.07, 6.45) is 4.66. The molecule has 1 aromatic rings. The number of nitrogens with two attached hydrogens (primary N) is 1. The Morgan fingerprint density at radius 2 is 1.75 bits per heavy atom. The van der Waals surface area contributed by atoms with Crippen molar-refractivity contribution in [2.45, 2.75) is 52.5 Å². The highest BCUT2D eigenvalue weighted by molar-refractivity contribution is 5.43. The Kier molecular flexibility index (Phi) is 4.81. The molecule has 0 aliphatic rings. The Morgan fingerprint density at radius 3 is 2.25 bits per heavy atom. The van der Waals surface area contributed by atoms with E-state index in [0.717, 1.165) is 23.1 Å². The van der Waals surface area contributed by atoms with Crippen LogP contribution in [0.25, 0.3) is 0 Å². The van der Waals surface area contributed by atoms with Gasteiger partial charge in [0.15, 0.2) is 0 Å². The van der Waals surface area contributed by atoms with Crippen molar-refractivity contribution in [3.05, 3.63) is 28.8 Å². The van der Waals surface area contributed by atoms with Crippen molar-refractivity contribution in [1.82, 2.24) is 0 Å². The van der Waals surface area contributed by atoms with Crippen LogP contribution in [0.15, 0.2) is 12.1 Å². The van der Waals surface area contributed by atoms with Crippen LogP contribution < -0.4 is 5.73 Å². The molecule has 1 atom stereocenters. The highest BCUT2D eigenvalue weighted by Crippen LogP contribution is 2.27. The summed E-state index contributed by atoms with van der Waals surface area (Å²) in [5.41, 5.74) is 9.12. The van der Waals surface area contributed by atoms with Crippen molar-refractivity contribution >= 4 is 0 Å². The van der Waals surface area contributed by atoms with Gasteiger partial charge in [0.05, 0.1) is 0 Å². The predicted octanol–water partition coefficient (Wildman–Crippen LogP) is 3.59. The van der Waals surface area contributed by atoms with E-state index >= 15 is 0 Å². The monoisotopic (exact) mass is 221 g/mol. The zero-order valence-corrected chi connectivity index (χ0v) is 10.6. The van der Waals surface area contributed by atoms with Crippen LogP contribution in [0, 0.1) is 13.8 Å². The maximum absolute atomic E-state index is 9.69. The lowest BCUT2D eigenvalue weighted by Gasteiger charge is -2.14. The van der Waals surface area contributed by atoms with Gasteiger partial charge in [0.1, 0.15) is 5.75 Å². The van der Waals surface area contributed by atoms with Crippen molar-refractivity contribution < 1.29 is 5.11 Å². The van der Waals surface area contributed by atoms with Gasteiger partial charge in [0.2, 0.25) is 0 Å². The molecule has 0 bridgehead atoms. The average molecular weight is 221 g/mol. The highest BCUT2D eigenvalue weighted by atomic mass is 16.3. The number of rotatable bonds is 5. The molecular weight excluding hydrogens is 198 g/mol.